The van der Waals surface area contributed by atoms with Gasteiger partial charge in [0.25, 0.3) is 5.91 Å². The molecule has 0 aliphatic heterocycles. The average Bonchev–Trinajstić information content (AvgIpc) is 3.19. The molecule has 1 aromatic heterocycles. The van der Waals surface area contributed by atoms with Crippen LogP contribution >= 0.6 is 23.2 Å². The highest BCUT2D eigenvalue weighted by molar-refractivity contribution is 6.37. The summed E-state index contributed by atoms with van der Waals surface area (Å²) in [6, 6.07) is 2.18. The van der Waals surface area contributed by atoms with Gasteiger partial charge in [0.1, 0.15) is 5.69 Å². The number of carbonyl (C=O) groups is 1. The van der Waals surface area contributed by atoms with Crippen LogP contribution in [-0.4, -0.2) is 34.5 Å². The molecule has 0 saturated heterocycles. The van der Waals surface area contributed by atoms with E-state index in [2.05, 4.69) is 19.9 Å². The minimum absolute atomic E-state index is 0.118. The van der Waals surface area contributed by atoms with E-state index in [1.807, 2.05) is 6.92 Å². The van der Waals surface area contributed by atoms with Gasteiger partial charge in [-0.2, -0.15) is 13.9 Å². The number of amides is 1. The van der Waals surface area contributed by atoms with Gasteiger partial charge in [0, 0.05) is 25.1 Å². The Balaban J connectivity index is 1.71. The molecule has 33 heavy (non-hydrogen) atoms. The lowest BCUT2D eigenvalue weighted by atomic mass is 10.1. The molecule has 1 N–H and O–H groups in total. The number of ether oxygens (including phenoxy) is 2. The largest absolute Gasteiger partial charge is 0.525 e. The van der Waals surface area contributed by atoms with E-state index in [4.69, 9.17) is 23.2 Å². The first-order valence-electron chi connectivity index (χ1n) is 9.47. The first-order chi connectivity index (χ1) is 15.2. The molecule has 1 heterocycles. The Morgan fingerprint density at radius 2 is 1.88 bits per heavy atom. The summed E-state index contributed by atoms with van der Waals surface area (Å²) in [6.45, 7) is 1.89. The average molecular weight is 520 g/mol. The number of aryl methyl sites for hydroxylation is 1. The van der Waals surface area contributed by atoms with Gasteiger partial charge in [-0.25, -0.2) is 9.13 Å². The minimum atomic E-state index is -5.66. The first kappa shape index (κ1) is 25.4. The summed E-state index contributed by atoms with van der Waals surface area (Å²) >= 11 is 11.7. The molecule has 6 nitrogen and oxygen atoms in total. The molecular formula is C19H17Cl2F6N3O3. The lowest BCUT2D eigenvalue weighted by Gasteiger charge is -2.23. The zero-order valence-corrected chi connectivity index (χ0v) is 18.6. The van der Waals surface area contributed by atoms with Crippen LogP contribution in [0.1, 0.15) is 46.6 Å². The molecule has 0 radical (unpaired) electrons. The van der Waals surface area contributed by atoms with E-state index in [0.29, 0.717) is 12.1 Å². The number of nitrogens with zero attached hydrogens (tertiary/aromatic N) is 2. The second-order valence-electron chi connectivity index (χ2n) is 7.39. The van der Waals surface area contributed by atoms with Gasteiger partial charge in [-0.05, 0) is 30.5 Å². The fraction of sp³-hybridized carbons (Fsp3) is 0.474. The van der Waals surface area contributed by atoms with E-state index >= 15 is 0 Å². The molecule has 14 heteroatoms. The highest BCUT2D eigenvalue weighted by Gasteiger charge is 2.51. The molecule has 2 atom stereocenters. The molecule has 2 unspecified atom stereocenters. The highest BCUT2D eigenvalue weighted by Crippen LogP contribution is 2.40. The number of rotatable bonds is 7. The number of fused-ring (bicyclic) bond motifs is 1. The van der Waals surface area contributed by atoms with Gasteiger partial charge in [-0.1, -0.05) is 30.1 Å². The monoisotopic (exact) mass is 519 g/mol. The van der Waals surface area contributed by atoms with Gasteiger partial charge in [0.05, 0.1) is 15.7 Å². The second-order valence-corrected chi connectivity index (χ2v) is 8.20. The summed E-state index contributed by atoms with van der Waals surface area (Å²) in [5.41, 5.74) is 2.37. The molecule has 0 bridgehead atoms. The van der Waals surface area contributed by atoms with Gasteiger partial charge in [0.2, 0.25) is 0 Å². The maximum absolute atomic E-state index is 13.7. The predicted octanol–water partition coefficient (Wildman–Crippen LogP) is 5.51. The van der Waals surface area contributed by atoms with Crippen molar-refractivity contribution in [3.8, 4) is 5.75 Å². The number of hydrogen-bond acceptors (Lipinski definition) is 4. The lowest BCUT2D eigenvalue weighted by molar-refractivity contribution is -0.411. The zero-order valence-electron chi connectivity index (χ0n) is 17.1. The smallest absolute Gasteiger partial charge is 0.425 e. The van der Waals surface area contributed by atoms with E-state index < -0.39 is 40.5 Å². The van der Waals surface area contributed by atoms with Crippen molar-refractivity contribution in [2.24, 2.45) is 7.05 Å². The zero-order chi connectivity index (χ0) is 24.7. The Kier molecular flexibility index (Phi) is 7.11. The SMILES string of the molecule is CC1CCc2c1nn(C)c2C(=O)NCc1cc(Cl)c(OC(F)(F)C(F)OC(F)(F)F)c(Cl)c1. The third kappa shape index (κ3) is 5.67. The minimum Gasteiger partial charge on any atom is -0.425 e. The van der Waals surface area contributed by atoms with Crippen molar-refractivity contribution in [3.05, 3.63) is 44.7 Å². The Hall–Kier alpha value is -2.18. The molecular weight excluding hydrogens is 503 g/mol. The Morgan fingerprint density at radius 3 is 2.45 bits per heavy atom. The highest BCUT2D eigenvalue weighted by atomic mass is 35.5. The van der Waals surface area contributed by atoms with Gasteiger partial charge in [0.15, 0.2) is 5.75 Å². The van der Waals surface area contributed by atoms with Gasteiger partial charge >= 0.3 is 18.8 Å². The summed E-state index contributed by atoms with van der Waals surface area (Å²) in [7, 11) is 1.64. The summed E-state index contributed by atoms with van der Waals surface area (Å²) < 4.78 is 84.7. The number of hydrogen-bond donors (Lipinski definition) is 1. The molecule has 3 rings (SSSR count). The number of alkyl halides is 6. The van der Waals surface area contributed by atoms with Crippen molar-refractivity contribution < 1.29 is 40.6 Å². The third-order valence-electron chi connectivity index (χ3n) is 4.94. The van der Waals surface area contributed by atoms with E-state index in [1.165, 1.54) is 4.68 Å². The van der Waals surface area contributed by atoms with E-state index in [-0.39, 0.29) is 18.0 Å². The van der Waals surface area contributed by atoms with Crippen molar-refractivity contribution in [2.75, 3.05) is 0 Å². The van der Waals surface area contributed by atoms with Crippen molar-refractivity contribution in [2.45, 2.75) is 51.1 Å². The van der Waals surface area contributed by atoms with E-state index in [1.54, 1.807) is 7.05 Å². The summed E-state index contributed by atoms with van der Waals surface area (Å²) in [6.07, 6.45) is -13.3. The van der Waals surface area contributed by atoms with Crippen LogP contribution in [0.2, 0.25) is 10.0 Å². The molecule has 1 aliphatic rings. The van der Waals surface area contributed by atoms with Crippen LogP contribution in [0.3, 0.4) is 0 Å². The number of carbonyl (C=O) groups excluding carboxylic acids is 1. The van der Waals surface area contributed by atoms with Gasteiger partial charge < -0.3 is 10.1 Å². The lowest BCUT2D eigenvalue weighted by Crippen LogP contribution is -2.41. The molecule has 182 valence electrons. The van der Waals surface area contributed by atoms with Crippen molar-refractivity contribution in [3.63, 3.8) is 0 Å². The van der Waals surface area contributed by atoms with Crippen LogP contribution in [0.15, 0.2) is 12.1 Å². The topological polar surface area (TPSA) is 65.4 Å². The van der Waals surface area contributed by atoms with Crippen molar-refractivity contribution >= 4 is 29.1 Å². The Morgan fingerprint density at radius 1 is 1.27 bits per heavy atom. The van der Waals surface area contributed by atoms with Crippen LogP contribution in [0.25, 0.3) is 0 Å². The third-order valence-corrected chi connectivity index (χ3v) is 5.50. The summed E-state index contributed by atoms with van der Waals surface area (Å²) in [4.78, 5) is 12.7. The molecule has 0 spiro atoms. The van der Waals surface area contributed by atoms with Crippen molar-refractivity contribution in [1.82, 2.24) is 15.1 Å². The summed E-state index contributed by atoms with van der Waals surface area (Å²) in [5, 5.41) is 5.93. The molecule has 0 saturated carbocycles. The normalized spacial score (nSPS) is 17.1. The maximum Gasteiger partial charge on any atom is 0.525 e. The molecule has 2 aromatic rings. The standard InChI is InChI=1S/C19H17Cl2F6N3O3/c1-8-3-4-10-13(8)29-30(2)14(10)16(31)28-7-9-5-11(20)15(12(21)6-9)32-18(23,24)17(22)33-19(25,26)27/h5-6,8,17H,3-4,7H2,1-2H3,(H,28,31). The molecule has 1 aliphatic carbocycles. The number of halogens is 8. The summed E-state index contributed by atoms with van der Waals surface area (Å²) in [5.74, 6) is -1.14. The fourth-order valence-electron chi connectivity index (χ4n) is 3.46. The van der Waals surface area contributed by atoms with Crippen LogP contribution < -0.4 is 10.1 Å². The van der Waals surface area contributed by atoms with Crippen LogP contribution in [0, 0.1) is 0 Å². The maximum atomic E-state index is 13.7. The van der Waals surface area contributed by atoms with Gasteiger partial charge in [-0.15, -0.1) is 13.2 Å². The van der Waals surface area contributed by atoms with E-state index in [0.717, 1.165) is 29.8 Å². The Labute approximate surface area is 193 Å². The van der Waals surface area contributed by atoms with E-state index in [9.17, 15) is 31.1 Å². The number of nitrogens with one attached hydrogen (secondary N) is 1. The second kappa shape index (κ2) is 9.22. The number of benzene rings is 1. The van der Waals surface area contributed by atoms with Crippen LogP contribution in [-0.2, 0) is 24.8 Å². The Bertz CT molecular complexity index is 1040. The molecule has 1 amide bonds. The molecule has 1 aromatic carbocycles. The first-order valence-corrected chi connectivity index (χ1v) is 10.2. The fourth-order valence-corrected chi connectivity index (χ4v) is 4.07. The van der Waals surface area contributed by atoms with Crippen molar-refractivity contribution in [1.29, 1.82) is 0 Å². The quantitative estimate of drug-likeness (QED) is 0.490. The van der Waals surface area contributed by atoms with Crippen LogP contribution in [0.4, 0.5) is 26.3 Å². The van der Waals surface area contributed by atoms with Gasteiger partial charge in [-0.3, -0.25) is 9.48 Å². The predicted molar refractivity (Wildman–Crippen MR) is 105 cm³/mol. The van der Waals surface area contributed by atoms with Crippen LogP contribution in [0.5, 0.6) is 5.75 Å². The number of aromatic nitrogens is 2. The molecule has 0 fully saturated rings.